The Balaban J connectivity index is 1.29. The lowest BCUT2D eigenvalue weighted by Crippen LogP contribution is -2.31. The lowest BCUT2D eigenvalue weighted by atomic mass is 10.1. The van der Waals surface area contributed by atoms with E-state index in [2.05, 4.69) is 4.98 Å². The Bertz CT molecular complexity index is 2080. The highest BCUT2D eigenvalue weighted by Crippen LogP contribution is 2.40. The molecule has 0 saturated carbocycles. The molecule has 4 aromatic carbocycles. The molecule has 1 fully saturated rings. The molecule has 0 atom stereocenters. The number of benzene rings is 4. The maximum atomic E-state index is 13.9. The second-order valence-corrected chi connectivity index (χ2v) is 12.9. The number of carbonyl (C=O) groups excluding carboxylic acids is 1. The van der Waals surface area contributed by atoms with Crippen LogP contribution in [0.4, 0.5) is 11.4 Å². The average molecular weight is 722 g/mol. The number of aromatic nitrogens is 1. The van der Waals surface area contributed by atoms with Gasteiger partial charge in [0.1, 0.15) is 6.61 Å². The summed E-state index contributed by atoms with van der Waals surface area (Å²) in [5, 5.41) is 14.0. The Kier molecular flexibility index (Phi) is 10.3. The van der Waals surface area contributed by atoms with Crippen molar-refractivity contribution in [2.24, 2.45) is 4.99 Å². The standard InChI is InChI=1S/C35H27Cl3N4O5S/c1-2-46-31-16-21(15-29(38)33(31)47-20-23-7-8-24(36)18-28(23)37)17-32-34(43)41(14-13-22-19-39-30-6-4-3-5-27(22)30)35(48-32)40-25-9-11-26(12-10-25)42(44)45/h3-12,15-19,39H,2,13-14,20H2,1H3/b32-17-,40-35?. The number of para-hydroxylation sites is 1. The number of amidine groups is 1. The first-order valence-corrected chi connectivity index (χ1v) is 16.8. The molecule has 244 valence electrons. The fourth-order valence-corrected chi connectivity index (χ4v) is 6.89. The smallest absolute Gasteiger partial charge is 0.269 e. The van der Waals surface area contributed by atoms with Crippen LogP contribution in [-0.4, -0.2) is 39.0 Å². The van der Waals surface area contributed by atoms with E-state index in [9.17, 15) is 14.9 Å². The van der Waals surface area contributed by atoms with Gasteiger partial charge in [0.15, 0.2) is 16.7 Å². The second-order valence-electron chi connectivity index (χ2n) is 10.6. The van der Waals surface area contributed by atoms with Gasteiger partial charge >= 0.3 is 0 Å². The number of rotatable bonds is 11. The molecular formula is C35H27Cl3N4O5S. The first kappa shape index (κ1) is 33.4. The van der Waals surface area contributed by atoms with Crippen LogP contribution in [0.3, 0.4) is 0 Å². The third-order valence-corrected chi connectivity index (χ3v) is 9.34. The van der Waals surface area contributed by atoms with Gasteiger partial charge in [-0.25, -0.2) is 4.99 Å². The minimum Gasteiger partial charge on any atom is -0.490 e. The molecule has 1 amide bonds. The summed E-state index contributed by atoms with van der Waals surface area (Å²) in [4.78, 5) is 34.6. The highest BCUT2D eigenvalue weighted by Gasteiger charge is 2.33. The van der Waals surface area contributed by atoms with Crippen LogP contribution in [0, 0.1) is 10.1 Å². The van der Waals surface area contributed by atoms with Crippen molar-refractivity contribution in [3.8, 4) is 11.5 Å². The van der Waals surface area contributed by atoms with Gasteiger partial charge in [-0.05, 0) is 84.8 Å². The van der Waals surface area contributed by atoms with E-state index in [0.717, 1.165) is 22.0 Å². The SMILES string of the molecule is CCOc1cc(/C=C2\SC(=Nc3ccc([N+](=O)[O-])cc3)N(CCc3c[nH]c4ccccc34)C2=O)cc(Cl)c1OCc1ccc(Cl)cc1Cl. The molecule has 0 spiro atoms. The number of nitrogens with one attached hydrogen (secondary N) is 1. The number of fused-ring (bicyclic) bond motifs is 1. The molecule has 48 heavy (non-hydrogen) atoms. The molecule has 13 heteroatoms. The van der Waals surface area contributed by atoms with Gasteiger partial charge in [-0.3, -0.25) is 19.8 Å². The zero-order chi connectivity index (χ0) is 33.8. The summed E-state index contributed by atoms with van der Waals surface area (Å²) in [5.41, 5.74) is 3.88. The lowest BCUT2D eigenvalue weighted by Gasteiger charge is -2.16. The van der Waals surface area contributed by atoms with Crippen LogP contribution in [0.25, 0.3) is 17.0 Å². The summed E-state index contributed by atoms with van der Waals surface area (Å²) in [6.45, 7) is 2.71. The van der Waals surface area contributed by atoms with Crippen LogP contribution in [-0.2, 0) is 17.8 Å². The predicted octanol–water partition coefficient (Wildman–Crippen LogP) is 9.86. The zero-order valence-electron chi connectivity index (χ0n) is 25.4. The van der Waals surface area contributed by atoms with Gasteiger partial charge < -0.3 is 14.5 Å². The molecule has 6 rings (SSSR count). The number of nitro benzene ring substituents is 1. The molecule has 0 aliphatic carbocycles. The number of amides is 1. The van der Waals surface area contributed by atoms with Crippen molar-refractivity contribution < 1.29 is 19.2 Å². The minimum atomic E-state index is -0.468. The first-order chi connectivity index (χ1) is 23.2. The fraction of sp³-hybridized carbons (Fsp3) is 0.143. The van der Waals surface area contributed by atoms with Crippen molar-refractivity contribution in [2.45, 2.75) is 20.0 Å². The van der Waals surface area contributed by atoms with E-state index in [1.807, 2.05) is 37.4 Å². The Morgan fingerprint density at radius 1 is 0.979 bits per heavy atom. The monoisotopic (exact) mass is 720 g/mol. The van der Waals surface area contributed by atoms with Crippen molar-refractivity contribution in [2.75, 3.05) is 13.2 Å². The maximum absolute atomic E-state index is 13.9. The number of aliphatic imine (C=N–C) groups is 1. The van der Waals surface area contributed by atoms with Crippen LogP contribution in [0.2, 0.25) is 15.1 Å². The van der Waals surface area contributed by atoms with Crippen LogP contribution >= 0.6 is 46.6 Å². The number of ether oxygens (including phenoxy) is 2. The number of carbonyl (C=O) groups is 1. The van der Waals surface area contributed by atoms with Gasteiger partial charge in [0.2, 0.25) is 0 Å². The summed E-state index contributed by atoms with van der Waals surface area (Å²) >= 11 is 20.3. The van der Waals surface area contributed by atoms with Gasteiger partial charge in [0.05, 0.1) is 27.1 Å². The summed E-state index contributed by atoms with van der Waals surface area (Å²) < 4.78 is 11.9. The first-order valence-electron chi connectivity index (χ1n) is 14.8. The average Bonchev–Trinajstić information content (AvgIpc) is 3.60. The molecule has 1 N–H and O–H groups in total. The number of hydrogen-bond donors (Lipinski definition) is 1. The number of H-pyrrole nitrogens is 1. The topological polar surface area (TPSA) is 110 Å². The number of nitrogens with zero attached hydrogens (tertiary/aromatic N) is 3. The van der Waals surface area contributed by atoms with Crippen molar-refractivity contribution >= 4 is 86.0 Å². The third-order valence-electron chi connectivity index (χ3n) is 7.47. The second kappa shape index (κ2) is 14.7. The van der Waals surface area contributed by atoms with E-state index >= 15 is 0 Å². The van der Waals surface area contributed by atoms with Crippen LogP contribution in [0.5, 0.6) is 11.5 Å². The Hall–Kier alpha value is -4.48. The molecule has 0 unspecified atom stereocenters. The molecule has 1 saturated heterocycles. The number of hydrogen-bond acceptors (Lipinski definition) is 7. The molecule has 0 radical (unpaired) electrons. The van der Waals surface area contributed by atoms with E-state index in [-0.39, 0.29) is 18.2 Å². The van der Waals surface area contributed by atoms with E-state index in [0.29, 0.717) is 67.5 Å². The molecular weight excluding hydrogens is 695 g/mol. The Labute approximate surface area is 295 Å². The molecule has 9 nitrogen and oxygen atoms in total. The van der Waals surface area contributed by atoms with Gasteiger partial charge in [0, 0.05) is 51.4 Å². The largest absolute Gasteiger partial charge is 0.490 e. The van der Waals surface area contributed by atoms with Crippen molar-refractivity contribution in [1.82, 2.24) is 9.88 Å². The summed E-state index contributed by atoms with van der Waals surface area (Å²) in [5.74, 6) is 0.526. The van der Waals surface area contributed by atoms with E-state index in [1.54, 1.807) is 53.4 Å². The lowest BCUT2D eigenvalue weighted by molar-refractivity contribution is -0.384. The van der Waals surface area contributed by atoms with E-state index < -0.39 is 4.92 Å². The summed E-state index contributed by atoms with van der Waals surface area (Å²) in [6.07, 6.45) is 4.26. The highest BCUT2D eigenvalue weighted by molar-refractivity contribution is 8.18. The molecule has 5 aromatic rings. The fourth-order valence-electron chi connectivity index (χ4n) is 5.13. The van der Waals surface area contributed by atoms with Crippen LogP contribution in [0.1, 0.15) is 23.6 Å². The number of non-ortho nitro benzene ring substituents is 1. The number of aromatic amines is 1. The summed E-state index contributed by atoms with van der Waals surface area (Å²) in [7, 11) is 0. The molecule has 1 aromatic heterocycles. The molecule has 1 aliphatic heterocycles. The Morgan fingerprint density at radius 3 is 2.52 bits per heavy atom. The third kappa shape index (κ3) is 7.47. The number of halogens is 3. The number of nitro groups is 1. The van der Waals surface area contributed by atoms with E-state index in [1.165, 1.54) is 23.9 Å². The van der Waals surface area contributed by atoms with Crippen molar-refractivity contribution in [3.05, 3.63) is 132 Å². The maximum Gasteiger partial charge on any atom is 0.269 e. The quantitative estimate of drug-likeness (QED) is 0.0826. The van der Waals surface area contributed by atoms with Gasteiger partial charge in [-0.2, -0.15) is 0 Å². The van der Waals surface area contributed by atoms with Gasteiger partial charge in [-0.15, -0.1) is 0 Å². The van der Waals surface area contributed by atoms with Crippen LogP contribution < -0.4 is 9.47 Å². The molecule has 2 heterocycles. The normalized spacial score (nSPS) is 14.8. The molecule has 0 bridgehead atoms. The summed E-state index contributed by atoms with van der Waals surface area (Å²) in [6, 6.07) is 22.5. The number of thioether (sulfide) groups is 1. The van der Waals surface area contributed by atoms with E-state index in [4.69, 9.17) is 49.3 Å². The highest BCUT2D eigenvalue weighted by atomic mass is 35.5. The van der Waals surface area contributed by atoms with Gasteiger partial charge in [0.25, 0.3) is 11.6 Å². The van der Waals surface area contributed by atoms with Crippen LogP contribution in [0.15, 0.2) is 95.0 Å². The van der Waals surface area contributed by atoms with Gasteiger partial charge in [-0.1, -0.05) is 59.1 Å². The Morgan fingerprint density at radius 2 is 1.77 bits per heavy atom. The molecule has 1 aliphatic rings. The predicted molar refractivity (Wildman–Crippen MR) is 193 cm³/mol. The zero-order valence-corrected chi connectivity index (χ0v) is 28.5. The van der Waals surface area contributed by atoms with Crippen molar-refractivity contribution in [1.29, 1.82) is 0 Å². The minimum absolute atomic E-state index is 0.0449. The van der Waals surface area contributed by atoms with Crippen molar-refractivity contribution in [3.63, 3.8) is 0 Å².